The Hall–Kier alpha value is -3.54. The number of hydrogen-bond donors (Lipinski definition) is 1. The number of nitrogens with one attached hydrogen (secondary N) is 1. The van der Waals surface area contributed by atoms with Gasteiger partial charge in [-0.3, -0.25) is 4.79 Å². The predicted octanol–water partition coefficient (Wildman–Crippen LogP) is 3.41. The second-order valence-electron chi connectivity index (χ2n) is 5.45. The van der Waals surface area contributed by atoms with E-state index in [1.54, 1.807) is 61.7 Å². The summed E-state index contributed by atoms with van der Waals surface area (Å²) in [4.78, 5) is 24.2. The Kier molecular flexibility index (Phi) is 5.03. The van der Waals surface area contributed by atoms with Gasteiger partial charge in [0.05, 0.1) is 26.0 Å². The Morgan fingerprint density at radius 1 is 1.08 bits per heavy atom. The Labute approximate surface area is 150 Å². The number of hydrogen-bond acceptors (Lipinski definition) is 5. The molecule has 6 nitrogen and oxygen atoms in total. The number of methoxy groups -OCH3 is 2. The van der Waals surface area contributed by atoms with E-state index in [1.165, 1.54) is 13.4 Å². The summed E-state index contributed by atoms with van der Waals surface area (Å²) in [5.74, 6) is 0.486. The molecule has 6 heteroatoms. The molecule has 132 valence electrons. The first kappa shape index (κ1) is 17.3. The van der Waals surface area contributed by atoms with Gasteiger partial charge >= 0.3 is 5.97 Å². The topological polar surface area (TPSA) is 73.9 Å². The van der Waals surface area contributed by atoms with Crippen molar-refractivity contribution in [3.8, 4) is 11.5 Å². The third-order valence-corrected chi connectivity index (χ3v) is 3.77. The molecule has 0 saturated carbocycles. The number of carbonyl (C=O) groups excluding carboxylic acids is 2. The number of amides is 1. The van der Waals surface area contributed by atoms with Crippen LogP contribution in [0.3, 0.4) is 0 Å². The van der Waals surface area contributed by atoms with Crippen molar-refractivity contribution in [3.63, 3.8) is 0 Å². The van der Waals surface area contributed by atoms with Crippen molar-refractivity contribution in [2.24, 2.45) is 0 Å². The van der Waals surface area contributed by atoms with Crippen LogP contribution >= 0.6 is 0 Å². The summed E-state index contributed by atoms with van der Waals surface area (Å²) in [6.45, 7) is 0. The van der Waals surface area contributed by atoms with Crippen LogP contribution in [0.4, 0.5) is 5.69 Å². The molecule has 1 amide bonds. The Morgan fingerprint density at radius 2 is 1.92 bits per heavy atom. The predicted molar refractivity (Wildman–Crippen MR) is 97.2 cm³/mol. The van der Waals surface area contributed by atoms with Gasteiger partial charge in [-0.15, -0.1) is 0 Å². The molecule has 26 heavy (non-hydrogen) atoms. The minimum Gasteiger partial charge on any atom is -0.497 e. The second kappa shape index (κ2) is 7.57. The highest BCUT2D eigenvalue weighted by molar-refractivity contribution is 6.09. The van der Waals surface area contributed by atoms with E-state index in [9.17, 15) is 9.59 Å². The molecule has 0 atom stereocenters. The highest BCUT2D eigenvalue weighted by Gasteiger charge is 2.14. The second-order valence-corrected chi connectivity index (χ2v) is 5.45. The molecule has 3 rings (SSSR count). The van der Waals surface area contributed by atoms with Gasteiger partial charge in [0.2, 0.25) is 0 Å². The van der Waals surface area contributed by atoms with E-state index in [0.29, 0.717) is 28.3 Å². The van der Waals surface area contributed by atoms with Crippen LogP contribution in [0.15, 0.2) is 60.4 Å². The van der Waals surface area contributed by atoms with Crippen LogP contribution in [0.5, 0.6) is 11.5 Å². The van der Waals surface area contributed by atoms with Crippen LogP contribution in [0.2, 0.25) is 0 Å². The van der Waals surface area contributed by atoms with Gasteiger partial charge in [-0.2, -0.15) is 0 Å². The van der Waals surface area contributed by atoms with E-state index in [0.717, 1.165) is 5.56 Å². The zero-order valence-electron chi connectivity index (χ0n) is 14.3. The first-order valence-corrected chi connectivity index (χ1v) is 7.83. The Bertz CT molecular complexity index is 914. The number of benzene rings is 2. The SMILES string of the molecule is COC(=O)c1cccc(NC(=O)C2=Cc3cc(OC)ccc3OC=C2)c1. The monoisotopic (exact) mass is 351 g/mol. The zero-order valence-corrected chi connectivity index (χ0v) is 14.3. The number of fused-ring (bicyclic) bond motifs is 1. The van der Waals surface area contributed by atoms with Crippen LogP contribution in [-0.4, -0.2) is 26.1 Å². The quantitative estimate of drug-likeness (QED) is 0.855. The molecule has 0 saturated heterocycles. The Morgan fingerprint density at radius 3 is 2.69 bits per heavy atom. The van der Waals surface area contributed by atoms with Gasteiger partial charge in [-0.25, -0.2) is 4.79 Å². The highest BCUT2D eigenvalue weighted by atomic mass is 16.5. The summed E-state index contributed by atoms with van der Waals surface area (Å²) >= 11 is 0. The molecule has 1 aliphatic heterocycles. The third kappa shape index (κ3) is 3.75. The lowest BCUT2D eigenvalue weighted by molar-refractivity contribution is -0.112. The van der Waals surface area contributed by atoms with E-state index in [2.05, 4.69) is 10.1 Å². The number of anilines is 1. The average molecular weight is 351 g/mol. The molecule has 0 unspecified atom stereocenters. The van der Waals surface area contributed by atoms with Crippen molar-refractivity contribution in [3.05, 3.63) is 71.5 Å². The van der Waals surface area contributed by atoms with Crippen molar-refractivity contribution in [1.29, 1.82) is 0 Å². The average Bonchev–Trinajstić information content (AvgIpc) is 2.89. The summed E-state index contributed by atoms with van der Waals surface area (Å²) < 4.78 is 15.4. The molecular formula is C20H17NO5. The molecule has 1 heterocycles. The fourth-order valence-electron chi connectivity index (χ4n) is 2.46. The maximum atomic E-state index is 12.6. The van der Waals surface area contributed by atoms with E-state index in [-0.39, 0.29) is 5.91 Å². The van der Waals surface area contributed by atoms with Gasteiger partial charge in [0.25, 0.3) is 5.91 Å². The lowest BCUT2D eigenvalue weighted by atomic mass is 10.1. The van der Waals surface area contributed by atoms with Crippen molar-refractivity contribution >= 4 is 23.6 Å². The molecule has 0 aromatic heterocycles. The summed E-state index contributed by atoms with van der Waals surface area (Å²) in [6.07, 6.45) is 4.74. The first-order valence-electron chi connectivity index (χ1n) is 7.83. The molecule has 0 bridgehead atoms. The summed E-state index contributed by atoms with van der Waals surface area (Å²) in [5, 5.41) is 2.77. The summed E-state index contributed by atoms with van der Waals surface area (Å²) in [7, 11) is 2.88. The fraction of sp³-hybridized carbons (Fsp3) is 0.100. The van der Waals surface area contributed by atoms with Gasteiger partial charge in [0, 0.05) is 16.8 Å². The minimum atomic E-state index is -0.468. The lowest BCUT2D eigenvalue weighted by Crippen LogP contribution is -2.13. The summed E-state index contributed by atoms with van der Waals surface area (Å²) in [5.41, 5.74) is 1.97. The zero-order chi connectivity index (χ0) is 18.5. The minimum absolute atomic E-state index is 0.331. The maximum Gasteiger partial charge on any atom is 0.337 e. The smallest absolute Gasteiger partial charge is 0.337 e. The number of ether oxygens (including phenoxy) is 3. The molecule has 0 spiro atoms. The van der Waals surface area contributed by atoms with Crippen LogP contribution in [0.25, 0.3) is 6.08 Å². The highest BCUT2D eigenvalue weighted by Crippen LogP contribution is 2.29. The van der Waals surface area contributed by atoms with Crippen molar-refractivity contribution in [2.75, 3.05) is 19.5 Å². The van der Waals surface area contributed by atoms with Gasteiger partial charge < -0.3 is 19.5 Å². The molecule has 0 aliphatic carbocycles. The van der Waals surface area contributed by atoms with Gasteiger partial charge in [0.1, 0.15) is 11.5 Å². The molecule has 1 N–H and O–H groups in total. The van der Waals surface area contributed by atoms with Gasteiger partial charge in [-0.05, 0) is 48.6 Å². The van der Waals surface area contributed by atoms with E-state index >= 15 is 0 Å². The van der Waals surface area contributed by atoms with E-state index in [1.807, 2.05) is 0 Å². The lowest BCUT2D eigenvalue weighted by Gasteiger charge is -2.08. The van der Waals surface area contributed by atoms with Gasteiger partial charge in [0.15, 0.2) is 0 Å². The molecule has 0 radical (unpaired) electrons. The summed E-state index contributed by atoms with van der Waals surface area (Å²) in [6, 6.07) is 11.9. The first-order chi connectivity index (χ1) is 12.6. The Balaban J connectivity index is 1.85. The van der Waals surface area contributed by atoms with E-state index in [4.69, 9.17) is 9.47 Å². The normalized spacial score (nSPS) is 12.2. The fourth-order valence-corrected chi connectivity index (χ4v) is 2.46. The van der Waals surface area contributed by atoms with Crippen LogP contribution in [0.1, 0.15) is 15.9 Å². The van der Waals surface area contributed by atoms with Crippen molar-refractivity contribution < 1.29 is 23.8 Å². The van der Waals surface area contributed by atoms with Crippen LogP contribution in [0, 0.1) is 0 Å². The van der Waals surface area contributed by atoms with E-state index < -0.39 is 5.97 Å². The van der Waals surface area contributed by atoms with Crippen LogP contribution < -0.4 is 14.8 Å². The van der Waals surface area contributed by atoms with Crippen molar-refractivity contribution in [2.45, 2.75) is 0 Å². The molecular weight excluding hydrogens is 334 g/mol. The number of esters is 1. The largest absolute Gasteiger partial charge is 0.497 e. The molecule has 2 aromatic carbocycles. The number of carbonyl (C=O) groups is 2. The number of rotatable bonds is 4. The third-order valence-electron chi connectivity index (χ3n) is 3.77. The molecule has 2 aromatic rings. The molecule has 1 aliphatic rings. The van der Waals surface area contributed by atoms with Gasteiger partial charge in [-0.1, -0.05) is 6.07 Å². The van der Waals surface area contributed by atoms with Crippen LogP contribution in [-0.2, 0) is 9.53 Å². The maximum absolute atomic E-state index is 12.6. The molecule has 0 fully saturated rings. The standard InChI is InChI=1S/C20H17NO5/c1-24-17-6-7-18-15(12-17)10-13(8-9-26-18)19(22)21-16-5-3-4-14(11-16)20(23)25-2/h3-12H,1-2H3,(H,21,22). The van der Waals surface area contributed by atoms with Crippen molar-refractivity contribution in [1.82, 2.24) is 0 Å².